The van der Waals surface area contributed by atoms with Crippen LogP contribution in [0.15, 0.2) is 41.3 Å². The van der Waals surface area contributed by atoms with Crippen LogP contribution in [0, 0.1) is 5.82 Å². The average Bonchev–Trinajstić information content (AvgIpc) is 2.94. The van der Waals surface area contributed by atoms with Gasteiger partial charge in [-0.2, -0.15) is 0 Å². The molecule has 0 bridgehead atoms. The summed E-state index contributed by atoms with van der Waals surface area (Å²) in [7, 11) is 0. The van der Waals surface area contributed by atoms with Crippen LogP contribution >= 0.6 is 46.3 Å². The molecule has 0 aliphatic carbocycles. The van der Waals surface area contributed by atoms with Gasteiger partial charge in [-0.25, -0.2) is 9.37 Å². The Morgan fingerprint density at radius 1 is 1.22 bits per heavy atom. The van der Waals surface area contributed by atoms with Crippen molar-refractivity contribution < 1.29 is 9.18 Å². The number of anilines is 1. The molecule has 1 N–H and O–H groups in total. The molecule has 1 aromatic heterocycles. The van der Waals surface area contributed by atoms with E-state index in [9.17, 15) is 9.18 Å². The van der Waals surface area contributed by atoms with Gasteiger partial charge in [0.05, 0.1) is 20.5 Å². The molecule has 0 spiro atoms. The minimum absolute atomic E-state index is 0.194. The summed E-state index contributed by atoms with van der Waals surface area (Å²) in [6.07, 6.45) is 0. The van der Waals surface area contributed by atoms with E-state index in [1.165, 1.54) is 35.2 Å². The summed E-state index contributed by atoms with van der Waals surface area (Å²) in [5.41, 5.74) is 0.575. The van der Waals surface area contributed by atoms with Gasteiger partial charge < -0.3 is 5.32 Å². The Bertz CT molecular complexity index is 868. The maximum absolute atomic E-state index is 12.8. The van der Waals surface area contributed by atoms with E-state index < -0.39 is 0 Å². The number of carbonyl (C=O) groups excluding carboxylic acids is 1. The van der Waals surface area contributed by atoms with Gasteiger partial charge in [0.1, 0.15) is 11.3 Å². The van der Waals surface area contributed by atoms with Crippen molar-refractivity contribution >= 4 is 67.6 Å². The van der Waals surface area contributed by atoms with Crippen molar-refractivity contribution in [2.75, 3.05) is 11.1 Å². The van der Waals surface area contributed by atoms with Crippen LogP contribution in [0.4, 0.5) is 9.52 Å². The van der Waals surface area contributed by atoms with Crippen LogP contribution in [0.2, 0.25) is 10.0 Å². The number of aromatic nitrogens is 1. The highest BCUT2D eigenvalue weighted by molar-refractivity contribution is 8.00. The molecule has 0 saturated heterocycles. The lowest BCUT2D eigenvalue weighted by atomic mass is 10.3. The van der Waals surface area contributed by atoms with Crippen molar-refractivity contribution in [3.63, 3.8) is 0 Å². The fourth-order valence-electron chi connectivity index (χ4n) is 1.83. The van der Waals surface area contributed by atoms with Gasteiger partial charge in [0.2, 0.25) is 5.91 Å². The highest BCUT2D eigenvalue weighted by Gasteiger charge is 2.12. The van der Waals surface area contributed by atoms with E-state index in [0.29, 0.717) is 20.7 Å². The van der Waals surface area contributed by atoms with Crippen LogP contribution in [-0.4, -0.2) is 16.6 Å². The number of thiazole rings is 1. The molecule has 0 aliphatic rings. The summed E-state index contributed by atoms with van der Waals surface area (Å²) in [6, 6.07) is 9.49. The summed E-state index contributed by atoms with van der Waals surface area (Å²) < 4.78 is 13.7. The number of hydrogen-bond donors (Lipinski definition) is 1. The number of fused-ring (bicyclic) bond motifs is 1. The molecule has 118 valence electrons. The standard InChI is InChI=1S/C15H9Cl2FN2OS2/c16-10-5-6-11-14(13(10)17)20-15(23-11)19-12(21)7-22-9-3-1-8(18)2-4-9/h1-6H,7H2,(H,19,20,21). The maximum Gasteiger partial charge on any atom is 0.236 e. The number of thioether (sulfide) groups is 1. The van der Waals surface area contributed by atoms with Gasteiger partial charge >= 0.3 is 0 Å². The van der Waals surface area contributed by atoms with Crippen LogP contribution in [0.25, 0.3) is 10.2 Å². The summed E-state index contributed by atoms with van der Waals surface area (Å²) in [6.45, 7) is 0. The molecular weight excluding hydrogens is 378 g/mol. The fourth-order valence-corrected chi connectivity index (χ4v) is 3.83. The van der Waals surface area contributed by atoms with E-state index >= 15 is 0 Å². The molecule has 0 fully saturated rings. The molecule has 0 atom stereocenters. The highest BCUT2D eigenvalue weighted by atomic mass is 35.5. The van der Waals surface area contributed by atoms with Crippen molar-refractivity contribution in [3.05, 3.63) is 52.3 Å². The Balaban J connectivity index is 1.66. The van der Waals surface area contributed by atoms with Gasteiger partial charge in [0.25, 0.3) is 0 Å². The SMILES string of the molecule is O=C(CSc1ccc(F)cc1)Nc1nc2c(Cl)c(Cl)ccc2s1. The van der Waals surface area contributed by atoms with Crippen molar-refractivity contribution in [1.82, 2.24) is 4.98 Å². The third-order valence-corrected chi connectivity index (χ3v) is 5.62. The third kappa shape index (κ3) is 3.95. The minimum Gasteiger partial charge on any atom is -0.301 e. The lowest BCUT2D eigenvalue weighted by Gasteiger charge is -2.02. The number of nitrogens with zero attached hydrogens (tertiary/aromatic N) is 1. The molecule has 1 heterocycles. The van der Waals surface area contributed by atoms with Gasteiger partial charge in [0.15, 0.2) is 5.13 Å². The normalized spacial score (nSPS) is 10.9. The number of halogens is 3. The van der Waals surface area contributed by atoms with E-state index in [4.69, 9.17) is 23.2 Å². The number of hydrogen-bond acceptors (Lipinski definition) is 4. The van der Waals surface area contributed by atoms with Crippen molar-refractivity contribution in [2.45, 2.75) is 4.90 Å². The van der Waals surface area contributed by atoms with Crippen LogP contribution < -0.4 is 5.32 Å². The van der Waals surface area contributed by atoms with Gasteiger partial charge in [-0.15, -0.1) is 11.8 Å². The van der Waals surface area contributed by atoms with Crippen molar-refractivity contribution in [3.8, 4) is 0 Å². The molecule has 0 radical (unpaired) electrons. The van der Waals surface area contributed by atoms with E-state index in [1.54, 1.807) is 18.2 Å². The quantitative estimate of drug-likeness (QED) is 0.604. The molecule has 0 saturated carbocycles. The minimum atomic E-state index is -0.302. The molecule has 0 unspecified atom stereocenters. The zero-order valence-corrected chi connectivity index (χ0v) is 14.6. The maximum atomic E-state index is 12.8. The molecule has 0 aliphatic heterocycles. The Hall–Kier alpha value is -1.34. The predicted octanol–water partition coefficient (Wildman–Crippen LogP) is 5.47. The van der Waals surface area contributed by atoms with E-state index in [2.05, 4.69) is 10.3 Å². The number of benzene rings is 2. The first-order valence-electron chi connectivity index (χ1n) is 6.45. The van der Waals surface area contributed by atoms with Crippen LogP contribution in [0.1, 0.15) is 0 Å². The highest BCUT2D eigenvalue weighted by Crippen LogP contribution is 2.35. The number of rotatable bonds is 4. The summed E-state index contributed by atoms with van der Waals surface area (Å²) in [5, 5.41) is 4.00. The summed E-state index contributed by atoms with van der Waals surface area (Å²) >= 11 is 14.7. The Morgan fingerprint density at radius 2 is 1.96 bits per heavy atom. The average molecular weight is 387 g/mol. The largest absolute Gasteiger partial charge is 0.301 e. The summed E-state index contributed by atoms with van der Waals surface area (Å²) in [4.78, 5) is 17.1. The zero-order valence-electron chi connectivity index (χ0n) is 11.5. The van der Waals surface area contributed by atoms with Gasteiger partial charge in [-0.3, -0.25) is 4.79 Å². The first-order chi connectivity index (χ1) is 11.0. The van der Waals surface area contributed by atoms with Gasteiger partial charge in [-0.05, 0) is 36.4 Å². The molecule has 3 aromatic rings. The van der Waals surface area contributed by atoms with Crippen molar-refractivity contribution in [1.29, 1.82) is 0 Å². The molecular formula is C15H9Cl2FN2OS2. The summed E-state index contributed by atoms with van der Waals surface area (Å²) in [5.74, 6) is -0.291. The smallest absolute Gasteiger partial charge is 0.236 e. The second-order valence-electron chi connectivity index (χ2n) is 4.52. The van der Waals surface area contributed by atoms with E-state index in [0.717, 1.165) is 9.60 Å². The van der Waals surface area contributed by atoms with Crippen LogP contribution in [-0.2, 0) is 4.79 Å². The number of nitrogens with one attached hydrogen (secondary N) is 1. The molecule has 23 heavy (non-hydrogen) atoms. The fraction of sp³-hybridized carbons (Fsp3) is 0.0667. The van der Waals surface area contributed by atoms with E-state index in [1.807, 2.05) is 6.07 Å². The molecule has 3 rings (SSSR count). The van der Waals surface area contributed by atoms with Gasteiger partial charge in [0, 0.05) is 4.90 Å². The van der Waals surface area contributed by atoms with Crippen LogP contribution in [0.5, 0.6) is 0 Å². The third-order valence-electron chi connectivity index (χ3n) is 2.88. The van der Waals surface area contributed by atoms with Crippen molar-refractivity contribution in [2.24, 2.45) is 0 Å². The monoisotopic (exact) mass is 386 g/mol. The lowest BCUT2D eigenvalue weighted by molar-refractivity contribution is -0.113. The number of amides is 1. The lowest BCUT2D eigenvalue weighted by Crippen LogP contribution is -2.13. The van der Waals surface area contributed by atoms with Crippen LogP contribution in [0.3, 0.4) is 0 Å². The predicted molar refractivity (Wildman–Crippen MR) is 95.4 cm³/mol. The first-order valence-corrected chi connectivity index (χ1v) is 9.01. The van der Waals surface area contributed by atoms with Gasteiger partial charge in [-0.1, -0.05) is 34.5 Å². The Kier molecular flexibility index (Phi) is 5.06. The Labute approximate surface area is 149 Å². The number of carbonyl (C=O) groups is 1. The zero-order chi connectivity index (χ0) is 16.4. The molecule has 1 amide bonds. The molecule has 8 heteroatoms. The second-order valence-corrected chi connectivity index (χ2v) is 7.38. The second kappa shape index (κ2) is 7.05. The first kappa shape index (κ1) is 16.5. The Morgan fingerprint density at radius 3 is 2.70 bits per heavy atom. The topological polar surface area (TPSA) is 42.0 Å². The molecule has 2 aromatic carbocycles. The van der Waals surface area contributed by atoms with E-state index in [-0.39, 0.29) is 17.5 Å². The molecule has 3 nitrogen and oxygen atoms in total.